The van der Waals surface area contributed by atoms with Crippen molar-refractivity contribution in [3.8, 4) is 28.1 Å². The van der Waals surface area contributed by atoms with E-state index in [-0.39, 0.29) is 0 Å². The minimum atomic E-state index is 0.863. The lowest BCUT2D eigenvalue weighted by atomic mass is 9.95. The molecule has 2 nitrogen and oxygen atoms in total. The van der Waals surface area contributed by atoms with Gasteiger partial charge in [-0.2, -0.15) is 0 Å². The van der Waals surface area contributed by atoms with E-state index in [0.29, 0.717) is 0 Å². The molecule has 1 aromatic heterocycles. The number of aromatic nitrogens is 1. The van der Waals surface area contributed by atoms with Gasteiger partial charge in [0, 0.05) is 17.3 Å². The van der Waals surface area contributed by atoms with Crippen molar-refractivity contribution in [1.29, 1.82) is 0 Å². The van der Waals surface area contributed by atoms with Gasteiger partial charge in [-0.3, -0.25) is 4.98 Å². The fourth-order valence-corrected chi connectivity index (χ4v) is 2.45. The number of ether oxygens (including phenoxy) is 1. The summed E-state index contributed by atoms with van der Waals surface area (Å²) in [5, 5.41) is 0. The van der Waals surface area contributed by atoms with Crippen molar-refractivity contribution in [3.63, 3.8) is 0 Å². The first kappa shape index (κ1) is 13.4. The van der Waals surface area contributed by atoms with Gasteiger partial charge in [0.05, 0.1) is 12.8 Å². The molecule has 1 heterocycles. The highest BCUT2D eigenvalue weighted by molar-refractivity contribution is 5.86. The van der Waals surface area contributed by atoms with Crippen LogP contribution in [0.25, 0.3) is 22.4 Å². The molecule has 0 atom stereocenters. The standard InChI is InChI=1S/C19H17NO/c1-14-9-11-15(12-10-14)19-16(6-5-8-18(19)21-2)17-7-3-4-13-20-17/h3-13H,1-2H3. The molecule has 104 valence electrons. The van der Waals surface area contributed by atoms with Crippen LogP contribution in [-0.4, -0.2) is 12.1 Å². The lowest BCUT2D eigenvalue weighted by Gasteiger charge is -2.14. The highest BCUT2D eigenvalue weighted by Crippen LogP contribution is 2.38. The topological polar surface area (TPSA) is 22.1 Å². The Morgan fingerprint density at radius 2 is 1.67 bits per heavy atom. The van der Waals surface area contributed by atoms with Crippen molar-refractivity contribution in [3.05, 3.63) is 72.4 Å². The van der Waals surface area contributed by atoms with Crippen LogP contribution in [-0.2, 0) is 0 Å². The largest absolute Gasteiger partial charge is 0.496 e. The van der Waals surface area contributed by atoms with Gasteiger partial charge in [-0.25, -0.2) is 0 Å². The van der Waals surface area contributed by atoms with Crippen LogP contribution in [0.2, 0.25) is 0 Å². The second-order valence-electron chi connectivity index (χ2n) is 4.96. The molecule has 0 radical (unpaired) electrons. The van der Waals surface area contributed by atoms with Crippen LogP contribution in [0.4, 0.5) is 0 Å². The number of hydrogen-bond donors (Lipinski definition) is 0. The molecular weight excluding hydrogens is 258 g/mol. The van der Waals surface area contributed by atoms with Crippen molar-refractivity contribution in [1.82, 2.24) is 4.98 Å². The monoisotopic (exact) mass is 275 g/mol. The number of methoxy groups -OCH3 is 1. The van der Waals surface area contributed by atoms with E-state index in [1.165, 1.54) is 5.56 Å². The molecule has 21 heavy (non-hydrogen) atoms. The number of nitrogens with zero attached hydrogens (tertiary/aromatic N) is 1. The van der Waals surface area contributed by atoms with Crippen LogP contribution in [0.3, 0.4) is 0 Å². The van der Waals surface area contributed by atoms with E-state index in [4.69, 9.17) is 4.74 Å². The van der Waals surface area contributed by atoms with Gasteiger partial charge in [0.25, 0.3) is 0 Å². The second-order valence-corrected chi connectivity index (χ2v) is 4.96. The summed E-state index contributed by atoms with van der Waals surface area (Å²) in [7, 11) is 1.70. The number of pyridine rings is 1. The second kappa shape index (κ2) is 5.80. The molecule has 0 fully saturated rings. The van der Waals surface area contributed by atoms with Gasteiger partial charge in [0.1, 0.15) is 5.75 Å². The molecule has 0 saturated heterocycles. The first-order chi connectivity index (χ1) is 10.3. The Balaban J connectivity index is 2.24. The van der Waals surface area contributed by atoms with E-state index >= 15 is 0 Å². The van der Waals surface area contributed by atoms with Crippen LogP contribution in [0.15, 0.2) is 66.9 Å². The van der Waals surface area contributed by atoms with Crippen LogP contribution >= 0.6 is 0 Å². The molecule has 0 amide bonds. The summed E-state index contributed by atoms with van der Waals surface area (Å²) in [5.74, 6) is 0.863. The summed E-state index contributed by atoms with van der Waals surface area (Å²) in [4.78, 5) is 4.47. The molecule has 2 aromatic carbocycles. The molecule has 3 rings (SSSR count). The fraction of sp³-hybridized carbons (Fsp3) is 0.105. The molecule has 0 saturated carbocycles. The number of benzene rings is 2. The van der Waals surface area contributed by atoms with Gasteiger partial charge < -0.3 is 4.74 Å². The third kappa shape index (κ3) is 2.65. The van der Waals surface area contributed by atoms with Gasteiger partial charge in [-0.05, 0) is 30.7 Å². The van der Waals surface area contributed by atoms with E-state index in [9.17, 15) is 0 Å². The molecule has 0 spiro atoms. The maximum atomic E-state index is 5.56. The molecule has 0 aliphatic rings. The number of aryl methyl sites for hydroxylation is 1. The van der Waals surface area contributed by atoms with Gasteiger partial charge >= 0.3 is 0 Å². The van der Waals surface area contributed by atoms with Crippen molar-refractivity contribution >= 4 is 0 Å². The highest BCUT2D eigenvalue weighted by atomic mass is 16.5. The maximum Gasteiger partial charge on any atom is 0.127 e. The van der Waals surface area contributed by atoms with E-state index in [2.05, 4.69) is 42.2 Å². The summed E-state index contributed by atoms with van der Waals surface area (Å²) >= 11 is 0. The van der Waals surface area contributed by atoms with Crippen molar-refractivity contribution < 1.29 is 4.74 Å². The van der Waals surface area contributed by atoms with Crippen molar-refractivity contribution in [2.24, 2.45) is 0 Å². The summed E-state index contributed by atoms with van der Waals surface area (Å²) in [6, 6.07) is 20.5. The summed E-state index contributed by atoms with van der Waals surface area (Å²) < 4.78 is 5.56. The molecule has 0 N–H and O–H groups in total. The first-order valence-corrected chi connectivity index (χ1v) is 6.95. The molecule has 2 heteroatoms. The third-order valence-electron chi connectivity index (χ3n) is 3.53. The predicted molar refractivity (Wildman–Crippen MR) is 86.4 cm³/mol. The highest BCUT2D eigenvalue weighted by Gasteiger charge is 2.13. The zero-order chi connectivity index (χ0) is 14.7. The number of rotatable bonds is 3. The average molecular weight is 275 g/mol. The fourth-order valence-electron chi connectivity index (χ4n) is 2.45. The predicted octanol–water partition coefficient (Wildman–Crippen LogP) is 4.73. The smallest absolute Gasteiger partial charge is 0.127 e. The summed E-state index contributed by atoms with van der Waals surface area (Å²) in [6.45, 7) is 2.09. The molecule has 0 unspecified atom stereocenters. The Kier molecular flexibility index (Phi) is 3.69. The Labute approximate surface area is 125 Å². The zero-order valence-electron chi connectivity index (χ0n) is 12.2. The van der Waals surface area contributed by atoms with Crippen LogP contribution in [0, 0.1) is 6.92 Å². The Morgan fingerprint density at radius 1 is 0.857 bits per heavy atom. The molecule has 0 bridgehead atoms. The molecular formula is C19H17NO. The zero-order valence-corrected chi connectivity index (χ0v) is 12.2. The van der Waals surface area contributed by atoms with Gasteiger partial charge in [-0.1, -0.05) is 48.0 Å². The molecule has 0 aliphatic carbocycles. The van der Waals surface area contributed by atoms with Crippen LogP contribution in [0.5, 0.6) is 5.75 Å². The number of hydrogen-bond acceptors (Lipinski definition) is 2. The molecule has 0 aliphatic heterocycles. The normalized spacial score (nSPS) is 10.4. The van der Waals surface area contributed by atoms with E-state index in [0.717, 1.165) is 28.1 Å². The third-order valence-corrected chi connectivity index (χ3v) is 3.53. The van der Waals surface area contributed by atoms with Crippen LogP contribution in [0.1, 0.15) is 5.56 Å². The minimum absolute atomic E-state index is 0.863. The Hall–Kier alpha value is -2.61. The maximum absolute atomic E-state index is 5.56. The first-order valence-electron chi connectivity index (χ1n) is 6.95. The van der Waals surface area contributed by atoms with Gasteiger partial charge in [0.2, 0.25) is 0 Å². The van der Waals surface area contributed by atoms with Gasteiger partial charge in [0.15, 0.2) is 0 Å². The lowest BCUT2D eigenvalue weighted by molar-refractivity contribution is 0.416. The quantitative estimate of drug-likeness (QED) is 0.689. The Morgan fingerprint density at radius 3 is 2.33 bits per heavy atom. The SMILES string of the molecule is COc1cccc(-c2ccccn2)c1-c1ccc(C)cc1. The van der Waals surface area contributed by atoms with Gasteiger partial charge in [-0.15, -0.1) is 0 Å². The summed E-state index contributed by atoms with van der Waals surface area (Å²) in [6.07, 6.45) is 1.81. The van der Waals surface area contributed by atoms with Crippen molar-refractivity contribution in [2.45, 2.75) is 6.92 Å². The lowest BCUT2D eigenvalue weighted by Crippen LogP contribution is -1.93. The summed E-state index contributed by atoms with van der Waals surface area (Å²) in [5.41, 5.74) is 5.50. The van der Waals surface area contributed by atoms with E-state index < -0.39 is 0 Å². The van der Waals surface area contributed by atoms with E-state index in [1.54, 1.807) is 7.11 Å². The van der Waals surface area contributed by atoms with Crippen LogP contribution < -0.4 is 4.74 Å². The average Bonchev–Trinajstić information content (AvgIpc) is 2.56. The Bertz CT molecular complexity index is 733. The minimum Gasteiger partial charge on any atom is -0.496 e. The molecule has 3 aromatic rings. The van der Waals surface area contributed by atoms with Crippen molar-refractivity contribution in [2.75, 3.05) is 7.11 Å². The van der Waals surface area contributed by atoms with E-state index in [1.807, 2.05) is 36.5 Å².